The van der Waals surface area contributed by atoms with E-state index in [9.17, 15) is 0 Å². The lowest BCUT2D eigenvalue weighted by Crippen LogP contribution is -2.12. The van der Waals surface area contributed by atoms with Crippen LogP contribution in [-0.2, 0) is 0 Å². The second-order valence-electron chi connectivity index (χ2n) is 2.82. The third kappa shape index (κ3) is 0.887. The van der Waals surface area contributed by atoms with E-state index in [4.69, 9.17) is 15.1 Å². The summed E-state index contributed by atoms with van der Waals surface area (Å²) in [4.78, 5) is 5.03. The molecule has 3 N–H and O–H groups in total. The maximum absolute atomic E-state index is 9.17. The Morgan fingerprint density at radius 1 is 1.33 bits per heavy atom. The van der Waals surface area contributed by atoms with Crippen molar-refractivity contribution in [3.05, 3.63) is 17.7 Å². The van der Waals surface area contributed by atoms with Gasteiger partial charge in [0.1, 0.15) is 0 Å². The van der Waals surface area contributed by atoms with Crippen molar-refractivity contribution in [3.63, 3.8) is 0 Å². The molecule has 0 amide bonds. The summed E-state index contributed by atoms with van der Waals surface area (Å²) in [6, 6.07) is 2.93. The van der Waals surface area contributed by atoms with Gasteiger partial charge in [0.25, 0.3) is 0 Å². The van der Waals surface area contributed by atoms with Gasteiger partial charge in [-0.1, -0.05) is 0 Å². The third-order valence-corrected chi connectivity index (χ3v) is 1.92. The number of fused-ring (bicyclic) bond motifs is 1. The molecule has 12 heavy (non-hydrogen) atoms. The highest BCUT2D eigenvalue weighted by molar-refractivity contribution is 5.51. The van der Waals surface area contributed by atoms with Gasteiger partial charge in [0.15, 0.2) is 17.2 Å². The number of aromatic hydroxyl groups is 2. The molecular formula is C8H9NO3. The standard InChI is InChI=1S/C8H9NO3/c1-4-5-2-6(10)7(11)3-8(5)12-9-4/h2-4,9-11H,1H3. The van der Waals surface area contributed by atoms with Crippen LogP contribution in [0.25, 0.3) is 0 Å². The number of phenols is 2. The van der Waals surface area contributed by atoms with Gasteiger partial charge >= 0.3 is 0 Å². The first-order chi connectivity index (χ1) is 5.68. The van der Waals surface area contributed by atoms with Crippen molar-refractivity contribution >= 4 is 0 Å². The molecule has 1 aromatic rings. The number of hydrogen-bond acceptors (Lipinski definition) is 4. The summed E-state index contributed by atoms with van der Waals surface area (Å²) in [6.07, 6.45) is 0. The molecule has 0 aliphatic carbocycles. The molecule has 0 fully saturated rings. The van der Waals surface area contributed by atoms with Crippen LogP contribution in [0.1, 0.15) is 18.5 Å². The fraction of sp³-hybridized carbons (Fsp3) is 0.250. The molecule has 0 saturated heterocycles. The van der Waals surface area contributed by atoms with Crippen molar-refractivity contribution in [1.29, 1.82) is 0 Å². The van der Waals surface area contributed by atoms with Crippen molar-refractivity contribution in [2.45, 2.75) is 13.0 Å². The number of phenolic OH excluding ortho intramolecular Hbond substituents is 2. The molecule has 1 unspecified atom stereocenters. The van der Waals surface area contributed by atoms with Crippen molar-refractivity contribution < 1.29 is 15.1 Å². The molecule has 1 aliphatic rings. The molecule has 0 bridgehead atoms. The predicted octanol–water partition coefficient (Wildman–Crippen LogP) is 1.06. The van der Waals surface area contributed by atoms with Gasteiger partial charge in [0.05, 0.1) is 6.04 Å². The lowest BCUT2D eigenvalue weighted by molar-refractivity contribution is 0.200. The second kappa shape index (κ2) is 2.28. The van der Waals surface area contributed by atoms with Gasteiger partial charge in [0.2, 0.25) is 0 Å². The van der Waals surface area contributed by atoms with Gasteiger partial charge in [-0.15, -0.1) is 5.48 Å². The Morgan fingerprint density at radius 2 is 2.00 bits per heavy atom. The molecule has 1 atom stereocenters. The molecule has 4 heteroatoms. The van der Waals surface area contributed by atoms with Gasteiger partial charge < -0.3 is 15.1 Å². The van der Waals surface area contributed by atoms with Crippen molar-refractivity contribution in [2.24, 2.45) is 0 Å². The topological polar surface area (TPSA) is 61.7 Å². The van der Waals surface area contributed by atoms with E-state index < -0.39 is 0 Å². The Bertz CT molecular complexity index is 324. The molecule has 0 radical (unpaired) electrons. The van der Waals surface area contributed by atoms with E-state index in [-0.39, 0.29) is 17.5 Å². The largest absolute Gasteiger partial charge is 0.504 e. The lowest BCUT2D eigenvalue weighted by atomic mass is 10.1. The molecular weight excluding hydrogens is 158 g/mol. The predicted molar refractivity (Wildman–Crippen MR) is 42.0 cm³/mol. The van der Waals surface area contributed by atoms with Crippen LogP contribution in [-0.4, -0.2) is 10.2 Å². The summed E-state index contributed by atoms with van der Waals surface area (Å²) >= 11 is 0. The van der Waals surface area contributed by atoms with E-state index >= 15 is 0 Å². The van der Waals surface area contributed by atoms with Crippen molar-refractivity contribution in [3.8, 4) is 17.2 Å². The first kappa shape index (κ1) is 7.24. The van der Waals surface area contributed by atoms with Crippen LogP contribution in [0.15, 0.2) is 12.1 Å². The Balaban J connectivity index is 2.56. The average molecular weight is 167 g/mol. The number of rotatable bonds is 0. The molecule has 1 aromatic carbocycles. The monoisotopic (exact) mass is 167 g/mol. The summed E-state index contributed by atoms with van der Waals surface area (Å²) in [5, 5.41) is 18.3. The van der Waals surface area contributed by atoms with E-state index in [2.05, 4.69) is 5.48 Å². The number of nitrogens with one attached hydrogen (secondary N) is 1. The number of benzene rings is 1. The minimum absolute atomic E-state index is 0.0477. The quantitative estimate of drug-likeness (QED) is 0.505. The Kier molecular flexibility index (Phi) is 1.38. The zero-order chi connectivity index (χ0) is 8.72. The van der Waals surface area contributed by atoms with Crippen LogP contribution in [0.4, 0.5) is 0 Å². The highest BCUT2D eigenvalue weighted by Crippen LogP contribution is 2.38. The second-order valence-corrected chi connectivity index (χ2v) is 2.82. The Morgan fingerprint density at radius 3 is 2.75 bits per heavy atom. The van der Waals surface area contributed by atoms with Crippen LogP contribution < -0.4 is 10.3 Å². The maximum Gasteiger partial charge on any atom is 0.161 e. The zero-order valence-corrected chi connectivity index (χ0v) is 6.53. The first-order valence-electron chi connectivity index (χ1n) is 3.66. The highest BCUT2D eigenvalue weighted by atomic mass is 16.7. The summed E-state index contributed by atoms with van der Waals surface area (Å²) in [7, 11) is 0. The normalized spacial score (nSPS) is 20.2. The van der Waals surface area contributed by atoms with Crippen molar-refractivity contribution in [2.75, 3.05) is 0 Å². The summed E-state index contributed by atoms with van der Waals surface area (Å²) in [5.41, 5.74) is 3.57. The number of hydrogen-bond donors (Lipinski definition) is 3. The molecule has 0 aromatic heterocycles. The Hall–Kier alpha value is -1.42. The number of hydroxylamine groups is 1. The molecule has 2 rings (SSSR count). The van der Waals surface area contributed by atoms with Gasteiger partial charge in [-0.05, 0) is 13.0 Å². The van der Waals surface area contributed by atoms with Gasteiger partial charge in [-0.2, -0.15) is 0 Å². The SMILES string of the molecule is CC1NOc2cc(O)c(O)cc21. The molecule has 4 nitrogen and oxygen atoms in total. The molecule has 1 aliphatic heterocycles. The van der Waals surface area contributed by atoms with Crippen LogP contribution in [0.5, 0.6) is 17.2 Å². The van der Waals surface area contributed by atoms with E-state index in [1.807, 2.05) is 6.92 Å². The first-order valence-corrected chi connectivity index (χ1v) is 3.66. The molecule has 64 valence electrons. The average Bonchev–Trinajstić information content (AvgIpc) is 2.35. The zero-order valence-electron chi connectivity index (χ0n) is 6.53. The summed E-state index contributed by atoms with van der Waals surface area (Å²) in [5.74, 6) is 0.287. The third-order valence-electron chi connectivity index (χ3n) is 1.92. The summed E-state index contributed by atoms with van der Waals surface area (Å²) in [6.45, 7) is 1.91. The van der Waals surface area contributed by atoms with E-state index in [0.29, 0.717) is 5.75 Å². The van der Waals surface area contributed by atoms with Gasteiger partial charge in [-0.25, -0.2) is 0 Å². The molecule has 0 saturated carbocycles. The van der Waals surface area contributed by atoms with Crippen molar-refractivity contribution in [1.82, 2.24) is 5.48 Å². The van der Waals surface area contributed by atoms with Crippen LogP contribution >= 0.6 is 0 Å². The maximum atomic E-state index is 9.17. The van der Waals surface area contributed by atoms with Crippen LogP contribution in [0, 0.1) is 0 Å². The minimum atomic E-state index is -0.162. The highest BCUT2D eigenvalue weighted by Gasteiger charge is 2.21. The Labute approximate surface area is 69.4 Å². The summed E-state index contributed by atoms with van der Waals surface area (Å²) < 4.78 is 0. The van der Waals surface area contributed by atoms with E-state index in [1.54, 1.807) is 0 Å². The lowest BCUT2D eigenvalue weighted by Gasteiger charge is -2.01. The van der Waals surface area contributed by atoms with Crippen LogP contribution in [0.2, 0.25) is 0 Å². The minimum Gasteiger partial charge on any atom is -0.504 e. The smallest absolute Gasteiger partial charge is 0.161 e. The fourth-order valence-corrected chi connectivity index (χ4v) is 1.22. The molecule has 1 heterocycles. The van der Waals surface area contributed by atoms with Crippen LogP contribution in [0.3, 0.4) is 0 Å². The van der Waals surface area contributed by atoms with Gasteiger partial charge in [0, 0.05) is 11.6 Å². The van der Waals surface area contributed by atoms with E-state index in [0.717, 1.165) is 5.56 Å². The van der Waals surface area contributed by atoms with Gasteiger partial charge in [-0.3, -0.25) is 0 Å². The van der Waals surface area contributed by atoms with E-state index in [1.165, 1.54) is 12.1 Å². The molecule has 0 spiro atoms. The fourth-order valence-electron chi connectivity index (χ4n) is 1.22.